The lowest BCUT2D eigenvalue weighted by Crippen LogP contribution is -2.38. The predicted octanol–water partition coefficient (Wildman–Crippen LogP) is 1.28. The topological polar surface area (TPSA) is 96.1 Å². The second kappa shape index (κ2) is 5.14. The van der Waals surface area contributed by atoms with Gasteiger partial charge in [-0.25, -0.2) is 0 Å². The van der Waals surface area contributed by atoms with Gasteiger partial charge in [-0.05, 0) is 19.8 Å². The highest BCUT2D eigenvalue weighted by Gasteiger charge is 2.27. The third-order valence-electron chi connectivity index (χ3n) is 3.26. The largest absolute Gasteiger partial charge is 0.419 e. The molecule has 0 saturated carbocycles. The zero-order chi connectivity index (χ0) is 14.0. The van der Waals surface area contributed by atoms with E-state index in [0.717, 1.165) is 0 Å². The van der Waals surface area contributed by atoms with Gasteiger partial charge in [0.25, 0.3) is 0 Å². The monoisotopic (exact) mass is 260 g/mol. The number of aromatic nitrogens is 1. The number of carbonyl (C=O) groups excluding carboxylic acids is 1. The van der Waals surface area contributed by atoms with Crippen molar-refractivity contribution in [1.29, 1.82) is 5.26 Å². The van der Waals surface area contributed by atoms with E-state index in [1.54, 1.807) is 6.92 Å². The van der Waals surface area contributed by atoms with Crippen LogP contribution in [0.25, 0.3) is 5.57 Å². The zero-order valence-corrected chi connectivity index (χ0v) is 10.8. The average molecular weight is 260 g/mol. The lowest BCUT2D eigenvalue weighted by molar-refractivity contribution is -0.122. The molecule has 2 N–H and O–H groups in total. The number of hydrogen-bond donors (Lipinski definition) is 1. The summed E-state index contributed by atoms with van der Waals surface area (Å²) in [6, 6.07) is 2.02. The summed E-state index contributed by atoms with van der Waals surface area (Å²) in [6.45, 7) is 6.79. The average Bonchev–Trinajstić information content (AvgIpc) is 2.83. The van der Waals surface area contributed by atoms with Crippen LogP contribution in [0.15, 0.2) is 11.0 Å². The fraction of sp³-hybridized carbons (Fsp3) is 0.462. The van der Waals surface area contributed by atoms with Gasteiger partial charge in [-0.1, -0.05) is 6.58 Å². The molecule has 0 radical (unpaired) electrons. The molecule has 1 aliphatic heterocycles. The van der Waals surface area contributed by atoms with Gasteiger partial charge in [-0.2, -0.15) is 10.2 Å². The quantitative estimate of drug-likeness (QED) is 0.883. The summed E-state index contributed by atoms with van der Waals surface area (Å²) < 4.78 is 5.58. The van der Waals surface area contributed by atoms with E-state index in [9.17, 15) is 4.79 Å². The van der Waals surface area contributed by atoms with Crippen LogP contribution in [0.4, 0.5) is 5.88 Å². The van der Waals surface area contributed by atoms with Gasteiger partial charge in [0.05, 0.1) is 0 Å². The van der Waals surface area contributed by atoms with Crippen molar-refractivity contribution in [2.45, 2.75) is 19.8 Å². The molecule has 2 heterocycles. The van der Waals surface area contributed by atoms with E-state index in [-0.39, 0.29) is 17.5 Å². The number of nitrogens with zero attached hydrogens (tertiary/aromatic N) is 3. The van der Waals surface area contributed by atoms with Crippen molar-refractivity contribution in [3.63, 3.8) is 0 Å². The Morgan fingerprint density at radius 3 is 2.68 bits per heavy atom. The summed E-state index contributed by atoms with van der Waals surface area (Å²) in [5.41, 5.74) is 6.23. The zero-order valence-electron chi connectivity index (χ0n) is 10.8. The summed E-state index contributed by atoms with van der Waals surface area (Å²) in [6.07, 6.45) is 1.34. The van der Waals surface area contributed by atoms with Crippen molar-refractivity contribution in [2.75, 3.05) is 18.0 Å². The maximum Gasteiger partial charge on any atom is 0.235 e. The molecule has 0 aliphatic carbocycles. The Bertz CT molecular complexity index is 547. The van der Waals surface area contributed by atoms with Crippen molar-refractivity contribution < 1.29 is 9.21 Å². The van der Waals surface area contributed by atoms with Crippen LogP contribution in [0.2, 0.25) is 0 Å². The van der Waals surface area contributed by atoms with Crippen LogP contribution in [0.3, 0.4) is 0 Å². The van der Waals surface area contributed by atoms with Gasteiger partial charge in [0, 0.05) is 24.6 Å². The SMILES string of the molecule is C=C(C)c1nc(C#N)c(N2CCC(C(N)=O)CC2)o1. The second-order valence-corrected chi connectivity index (χ2v) is 4.73. The van der Waals surface area contributed by atoms with E-state index in [4.69, 9.17) is 15.4 Å². The number of primary amides is 1. The Kier molecular flexibility index (Phi) is 3.56. The standard InChI is InChI=1S/C13H16N4O2/c1-8(2)12-16-10(7-14)13(19-12)17-5-3-9(4-6-17)11(15)18/h9H,1,3-6H2,2H3,(H2,15,18). The summed E-state index contributed by atoms with van der Waals surface area (Å²) in [7, 11) is 0. The number of piperidine rings is 1. The van der Waals surface area contributed by atoms with E-state index in [0.29, 0.717) is 43.3 Å². The number of nitrogens with two attached hydrogens (primary N) is 1. The number of allylic oxidation sites excluding steroid dienone is 1. The third-order valence-corrected chi connectivity index (χ3v) is 3.26. The van der Waals surface area contributed by atoms with Crippen molar-refractivity contribution >= 4 is 17.4 Å². The minimum absolute atomic E-state index is 0.0923. The van der Waals surface area contributed by atoms with Crippen LogP contribution in [0, 0.1) is 17.2 Å². The van der Waals surface area contributed by atoms with Crippen LogP contribution >= 0.6 is 0 Å². The van der Waals surface area contributed by atoms with E-state index in [1.165, 1.54) is 0 Å². The lowest BCUT2D eigenvalue weighted by Gasteiger charge is -2.30. The first-order valence-electron chi connectivity index (χ1n) is 6.14. The maximum atomic E-state index is 11.1. The Hall–Kier alpha value is -2.29. The normalized spacial score (nSPS) is 16.1. The molecule has 0 bridgehead atoms. The van der Waals surface area contributed by atoms with Gasteiger partial charge in [0.2, 0.25) is 23.4 Å². The second-order valence-electron chi connectivity index (χ2n) is 4.73. The van der Waals surface area contributed by atoms with Crippen LogP contribution in [0.1, 0.15) is 31.4 Å². The molecular formula is C13H16N4O2. The van der Waals surface area contributed by atoms with E-state index < -0.39 is 0 Å². The number of carbonyl (C=O) groups is 1. The number of hydrogen-bond acceptors (Lipinski definition) is 5. The number of anilines is 1. The molecule has 0 spiro atoms. The highest BCUT2D eigenvalue weighted by atomic mass is 16.4. The molecule has 100 valence electrons. The molecule has 6 heteroatoms. The van der Waals surface area contributed by atoms with Gasteiger partial charge in [0.1, 0.15) is 6.07 Å². The van der Waals surface area contributed by atoms with Gasteiger partial charge in [-0.15, -0.1) is 0 Å². The van der Waals surface area contributed by atoms with Gasteiger partial charge in [0.15, 0.2) is 0 Å². The Labute approximate surface area is 111 Å². The molecule has 1 saturated heterocycles. The van der Waals surface area contributed by atoms with E-state index in [2.05, 4.69) is 11.6 Å². The molecular weight excluding hydrogens is 244 g/mol. The Morgan fingerprint density at radius 1 is 1.58 bits per heavy atom. The molecule has 1 amide bonds. The molecule has 1 fully saturated rings. The number of amides is 1. The minimum Gasteiger partial charge on any atom is -0.419 e. The van der Waals surface area contributed by atoms with E-state index in [1.807, 2.05) is 11.0 Å². The van der Waals surface area contributed by atoms with Crippen molar-refractivity contribution in [3.8, 4) is 6.07 Å². The highest BCUT2D eigenvalue weighted by Crippen LogP contribution is 2.28. The lowest BCUT2D eigenvalue weighted by atomic mass is 9.96. The summed E-state index contributed by atoms with van der Waals surface area (Å²) in [5, 5.41) is 9.08. The molecule has 1 aromatic heterocycles. The Morgan fingerprint density at radius 2 is 2.21 bits per heavy atom. The third kappa shape index (κ3) is 2.60. The molecule has 1 aliphatic rings. The number of oxazole rings is 1. The van der Waals surface area contributed by atoms with Crippen molar-refractivity contribution in [2.24, 2.45) is 11.7 Å². The van der Waals surface area contributed by atoms with E-state index >= 15 is 0 Å². The first-order valence-corrected chi connectivity index (χ1v) is 6.14. The summed E-state index contributed by atoms with van der Waals surface area (Å²) >= 11 is 0. The molecule has 1 aromatic rings. The summed E-state index contributed by atoms with van der Waals surface area (Å²) in [5.74, 6) is 0.484. The van der Waals surface area contributed by atoms with Crippen LogP contribution in [-0.2, 0) is 4.79 Å². The molecule has 0 unspecified atom stereocenters. The number of rotatable bonds is 3. The molecule has 0 aromatic carbocycles. The molecule has 6 nitrogen and oxygen atoms in total. The fourth-order valence-corrected chi connectivity index (χ4v) is 2.15. The van der Waals surface area contributed by atoms with Gasteiger partial charge >= 0.3 is 0 Å². The minimum atomic E-state index is -0.264. The first kappa shape index (κ1) is 13.1. The predicted molar refractivity (Wildman–Crippen MR) is 70.1 cm³/mol. The fourth-order valence-electron chi connectivity index (χ4n) is 2.15. The van der Waals surface area contributed by atoms with Crippen LogP contribution < -0.4 is 10.6 Å². The highest BCUT2D eigenvalue weighted by molar-refractivity contribution is 5.77. The number of nitriles is 1. The molecule has 0 atom stereocenters. The smallest absolute Gasteiger partial charge is 0.235 e. The van der Waals surface area contributed by atoms with Crippen molar-refractivity contribution in [1.82, 2.24) is 4.98 Å². The van der Waals surface area contributed by atoms with Crippen LogP contribution in [0.5, 0.6) is 0 Å². The van der Waals surface area contributed by atoms with Crippen LogP contribution in [-0.4, -0.2) is 24.0 Å². The van der Waals surface area contributed by atoms with Gasteiger partial charge in [-0.3, -0.25) is 4.79 Å². The van der Waals surface area contributed by atoms with Gasteiger partial charge < -0.3 is 15.1 Å². The molecule has 19 heavy (non-hydrogen) atoms. The maximum absolute atomic E-state index is 11.1. The first-order chi connectivity index (χ1) is 9.02. The van der Waals surface area contributed by atoms with Crippen molar-refractivity contribution in [3.05, 3.63) is 18.2 Å². The summed E-state index contributed by atoms with van der Waals surface area (Å²) in [4.78, 5) is 17.1. The Balaban J connectivity index is 2.17. The molecule has 2 rings (SSSR count).